The lowest BCUT2D eigenvalue weighted by Gasteiger charge is -2.33. The van der Waals surface area contributed by atoms with Crippen molar-refractivity contribution in [3.63, 3.8) is 0 Å². The Bertz CT molecular complexity index is 399. The second-order valence-electron chi connectivity index (χ2n) is 5.02. The first-order valence-corrected chi connectivity index (χ1v) is 6.87. The molecule has 1 heterocycles. The van der Waals surface area contributed by atoms with Gasteiger partial charge in [0.1, 0.15) is 0 Å². The average molecular weight is 246 g/mol. The third-order valence-corrected chi connectivity index (χ3v) is 3.68. The van der Waals surface area contributed by atoms with Crippen LogP contribution in [0.25, 0.3) is 0 Å². The number of carbonyl (C=O) groups is 1. The van der Waals surface area contributed by atoms with E-state index >= 15 is 0 Å². The third-order valence-electron chi connectivity index (χ3n) is 3.68. The maximum atomic E-state index is 12.1. The summed E-state index contributed by atoms with van der Waals surface area (Å²) in [4.78, 5) is 14.1. The number of nitrogens with one attached hydrogen (secondary N) is 1. The van der Waals surface area contributed by atoms with Gasteiger partial charge < -0.3 is 10.2 Å². The summed E-state index contributed by atoms with van der Waals surface area (Å²) in [5.74, 6) is 0. The number of aryl methyl sites for hydroxylation is 1. The number of hydrogen-bond donors (Lipinski definition) is 1. The lowest BCUT2D eigenvalue weighted by atomic mass is 10.0. The molecule has 98 valence electrons. The van der Waals surface area contributed by atoms with E-state index in [1.807, 2.05) is 17.0 Å². The quantitative estimate of drug-likeness (QED) is 0.848. The van der Waals surface area contributed by atoms with E-state index in [1.165, 1.54) is 12.0 Å². The summed E-state index contributed by atoms with van der Waals surface area (Å²) in [7, 11) is 0. The molecule has 0 spiro atoms. The number of piperidine rings is 1. The molecule has 0 bridgehead atoms. The standard InChI is InChI=1S/C15H22N2O/c1-3-13-7-9-14(10-8-13)16-15(18)17-11-5-4-6-12(17)2/h7-10,12H,3-6,11H2,1-2H3,(H,16,18)/t12-/m1/s1. The minimum Gasteiger partial charge on any atom is -0.322 e. The zero-order valence-electron chi connectivity index (χ0n) is 11.3. The summed E-state index contributed by atoms with van der Waals surface area (Å²) in [5.41, 5.74) is 2.18. The van der Waals surface area contributed by atoms with Crippen LogP contribution in [0.1, 0.15) is 38.7 Å². The predicted molar refractivity (Wildman–Crippen MR) is 74.9 cm³/mol. The molecule has 1 atom stereocenters. The smallest absolute Gasteiger partial charge is 0.322 e. The first-order chi connectivity index (χ1) is 8.70. The Kier molecular flexibility index (Phi) is 4.24. The fourth-order valence-electron chi connectivity index (χ4n) is 2.42. The Morgan fingerprint density at radius 1 is 1.33 bits per heavy atom. The van der Waals surface area contributed by atoms with Crippen molar-refractivity contribution in [1.29, 1.82) is 0 Å². The minimum atomic E-state index is 0.0337. The first kappa shape index (κ1) is 12.9. The van der Waals surface area contributed by atoms with Crippen molar-refractivity contribution in [2.24, 2.45) is 0 Å². The van der Waals surface area contributed by atoms with Crippen LogP contribution in [-0.2, 0) is 6.42 Å². The van der Waals surface area contributed by atoms with Gasteiger partial charge in [-0.1, -0.05) is 19.1 Å². The number of amides is 2. The van der Waals surface area contributed by atoms with E-state index in [-0.39, 0.29) is 6.03 Å². The van der Waals surface area contributed by atoms with E-state index in [9.17, 15) is 4.79 Å². The van der Waals surface area contributed by atoms with E-state index in [1.54, 1.807) is 0 Å². The summed E-state index contributed by atoms with van der Waals surface area (Å²) in [5, 5.41) is 2.98. The molecule has 1 saturated heterocycles. The fourth-order valence-corrected chi connectivity index (χ4v) is 2.42. The molecule has 0 aromatic heterocycles. The van der Waals surface area contributed by atoms with Crippen LogP contribution in [0.15, 0.2) is 24.3 Å². The van der Waals surface area contributed by atoms with E-state index in [2.05, 4.69) is 31.3 Å². The Morgan fingerprint density at radius 3 is 2.67 bits per heavy atom. The van der Waals surface area contributed by atoms with Crippen LogP contribution in [0.3, 0.4) is 0 Å². The minimum absolute atomic E-state index is 0.0337. The van der Waals surface area contributed by atoms with Crippen molar-refractivity contribution in [2.45, 2.75) is 45.6 Å². The van der Waals surface area contributed by atoms with Gasteiger partial charge in [-0.3, -0.25) is 0 Å². The summed E-state index contributed by atoms with van der Waals surface area (Å²) in [6.07, 6.45) is 4.49. The van der Waals surface area contributed by atoms with Gasteiger partial charge in [-0.15, -0.1) is 0 Å². The highest BCUT2D eigenvalue weighted by Crippen LogP contribution is 2.18. The van der Waals surface area contributed by atoms with Gasteiger partial charge in [0.15, 0.2) is 0 Å². The normalized spacial score (nSPS) is 19.7. The number of hydrogen-bond acceptors (Lipinski definition) is 1. The molecule has 1 N–H and O–H groups in total. The molecule has 1 aromatic carbocycles. The van der Waals surface area contributed by atoms with Gasteiger partial charge in [0.05, 0.1) is 0 Å². The van der Waals surface area contributed by atoms with Crippen molar-refractivity contribution < 1.29 is 4.79 Å². The molecule has 1 aliphatic heterocycles. The molecule has 2 amide bonds. The molecule has 3 heteroatoms. The lowest BCUT2D eigenvalue weighted by molar-refractivity contribution is 0.170. The molecule has 1 aliphatic rings. The topological polar surface area (TPSA) is 32.3 Å². The van der Waals surface area contributed by atoms with Crippen molar-refractivity contribution >= 4 is 11.7 Å². The van der Waals surface area contributed by atoms with Gasteiger partial charge >= 0.3 is 6.03 Å². The summed E-state index contributed by atoms with van der Waals surface area (Å²) < 4.78 is 0. The van der Waals surface area contributed by atoms with Crippen molar-refractivity contribution in [3.8, 4) is 0 Å². The molecule has 1 aromatic rings. The second-order valence-corrected chi connectivity index (χ2v) is 5.02. The highest BCUT2D eigenvalue weighted by Gasteiger charge is 2.22. The lowest BCUT2D eigenvalue weighted by Crippen LogP contribution is -2.44. The molecule has 3 nitrogen and oxygen atoms in total. The molecule has 0 radical (unpaired) electrons. The van der Waals surface area contributed by atoms with Gasteiger partial charge in [-0.05, 0) is 50.3 Å². The van der Waals surface area contributed by atoms with E-state index in [0.717, 1.165) is 31.5 Å². The van der Waals surface area contributed by atoms with E-state index in [4.69, 9.17) is 0 Å². The Morgan fingerprint density at radius 2 is 2.06 bits per heavy atom. The fraction of sp³-hybridized carbons (Fsp3) is 0.533. The second kappa shape index (κ2) is 5.89. The Hall–Kier alpha value is -1.51. The van der Waals surface area contributed by atoms with Crippen LogP contribution in [0.5, 0.6) is 0 Å². The van der Waals surface area contributed by atoms with Crippen molar-refractivity contribution in [3.05, 3.63) is 29.8 Å². The highest BCUT2D eigenvalue weighted by atomic mass is 16.2. The zero-order chi connectivity index (χ0) is 13.0. The monoisotopic (exact) mass is 246 g/mol. The number of likely N-dealkylation sites (tertiary alicyclic amines) is 1. The van der Waals surface area contributed by atoms with Gasteiger partial charge in [-0.2, -0.15) is 0 Å². The largest absolute Gasteiger partial charge is 0.322 e. The van der Waals surface area contributed by atoms with Gasteiger partial charge in [0.25, 0.3) is 0 Å². The van der Waals surface area contributed by atoms with Crippen LogP contribution >= 0.6 is 0 Å². The van der Waals surface area contributed by atoms with Gasteiger partial charge in [0, 0.05) is 18.3 Å². The summed E-state index contributed by atoms with van der Waals surface area (Å²) in [6.45, 7) is 5.13. The first-order valence-electron chi connectivity index (χ1n) is 6.87. The van der Waals surface area contributed by atoms with E-state index in [0.29, 0.717) is 6.04 Å². The summed E-state index contributed by atoms with van der Waals surface area (Å²) >= 11 is 0. The number of urea groups is 1. The van der Waals surface area contributed by atoms with Crippen molar-refractivity contribution in [1.82, 2.24) is 4.90 Å². The van der Waals surface area contributed by atoms with Crippen LogP contribution in [-0.4, -0.2) is 23.5 Å². The molecular formula is C15H22N2O. The maximum absolute atomic E-state index is 12.1. The van der Waals surface area contributed by atoms with E-state index < -0.39 is 0 Å². The van der Waals surface area contributed by atoms with Crippen LogP contribution in [0.2, 0.25) is 0 Å². The number of carbonyl (C=O) groups excluding carboxylic acids is 1. The molecular weight excluding hydrogens is 224 g/mol. The van der Waals surface area contributed by atoms with Crippen LogP contribution < -0.4 is 5.32 Å². The number of anilines is 1. The zero-order valence-corrected chi connectivity index (χ0v) is 11.3. The predicted octanol–water partition coefficient (Wildman–Crippen LogP) is 3.66. The molecule has 1 fully saturated rings. The highest BCUT2D eigenvalue weighted by molar-refractivity contribution is 5.89. The molecule has 18 heavy (non-hydrogen) atoms. The maximum Gasteiger partial charge on any atom is 0.322 e. The Labute approximate surface area is 109 Å². The Balaban J connectivity index is 1.97. The average Bonchev–Trinajstić information content (AvgIpc) is 2.40. The SMILES string of the molecule is CCc1ccc(NC(=O)N2CCCC[C@H]2C)cc1. The van der Waals surface area contributed by atoms with Crippen molar-refractivity contribution in [2.75, 3.05) is 11.9 Å². The molecule has 0 aliphatic carbocycles. The summed E-state index contributed by atoms with van der Waals surface area (Å²) in [6, 6.07) is 8.47. The number of benzene rings is 1. The third kappa shape index (κ3) is 3.03. The number of nitrogens with zero attached hydrogens (tertiary/aromatic N) is 1. The molecule has 0 unspecified atom stereocenters. The van der Waals surface area contributed by atoms with Gasteiger partial charge in [0.2, 0.25) is 0 Å². The van der Waals surface area contributed by atoms with Gasteiger partial charge in [-0.25, -0.2) is 4.79 Å². The molecule has 0 saturated carbocycles. The number of rotatable bonds is 2. The van der Waals surface area contributed by atoms with Crippen LogP contribution in [0.4, 0.5) is 10.5 Å². The molecule has 2 rings (SSSR count). The van der Waals surface area contributed by atoms with Crippen LogP contribution in [0, 0.1) is 0 Å².